The Morgan fingerprint density at radius 2 is 2.21 bits per heavy atom. The van der Waals surface area contributed by atoms with Crippen LogP contribution in [0.25, 0.3) is 11.0 Å². The van der Waals surface area contributed by atoms with E-state index in [-0.39, 0.29) is 5.82 Å². The van der Waals surface area contributed by atoms with Gasteiger partial charge in [-0.05, 0) is 41.1 Å². The second kappa shape index (κ2) is 4.61. The Labute approximate surface area is 122 Å². The molecule has 0 amide bonds. The minimum absolute atomic E-state index is 0.330. The average Bonchev–Trinajstić information content (AvgIpc) is 2.87. The molecule has 2 aromatic heterocycles. The predicted molar refractivity (Wildman–Crippen MR) is 80.0 cm³/mol. The summed E-state index contributed by atoms with van der Waals surface area (Å²) in [7, 11) is 0. The van der Waals surface area contributed by atoms with Gasteiger partial charge >= 0.3 is 0 Å². The van der Waals surface area contributed by atoms with Crippen LogP contribution in [0.15, 0.2) is 28.7 Å². The molecule has 98 valence electrons. The quantitative estimate of drug-likeness (QED) is 0.768. The minimum atomic E-state index is -0.330. The Balaban J connectivity index is 2.12. The zero-order valence-electron chi connectivity index (χ0n) is 10.2. The third kappa shape index (κ3) is 2.26. The van der Waals surface area contributed by atoms with E-state index < -0.39 is 0 Å². The van der Waals surface area contributed by atoms with E-state index in [1.807, 2.05) is 4.57 Å². The summed E-state index contributed by atoms with van der Waals surface area (Å²) in [5.41, 5.74) is 7.33. The van der Waals surface area contributed by atoms with Gasteiger partial charge in [0.25, 0.3) is 0 Å². The van der Waals surface area contributed by atoms with Gasteiger partial charge in [-0.2, -0.15) is 0 Å². The first-order valence-corrected chi connectivity index (χ1v) is 7.31. The topological polar surface area (TPSA) is 43.8 Å². The van der Waals surface area contributed by atoms with Crippen LogP contribution < -0.4 is 5.73 Å². The molecule has 0 unspecified atom stereocenters. The molecule has 2 N–H and O–H groups in total. The van der Waals surface area contributed by atoms with Crippen LogP contribution in [0, 0.1) is 12.7 Å². The van der Waals surface area contributed by atoms with Gasteiger partial charge in [0.2, 0.25) is 5.95 Å². The minimum Gasteiger partial charge on any atom is -0.369 e. The maximum atomic E-state index is 13.5. The molecule has 0 aliphatic carbocycles. The largest absolute Gasteiger partial charge is 0.369 e. The number of hydrogen-bond donors (Lipinski definition) is 1. The number of nitrogen functional groups attached to an aromatic ring is 1. The fourth-order valence-electron chi connectivity index (χ4n) is 2.03. The number of aryl methyl sites for hydroxylation is 1. The van der Waals surface area contributed by atoms with E-state index in [0.717, 1.165) is 5.52 Å². The van der Waals surface area contributed by atoms with Crippen molar-refractivity contribution < 1.29 is 4.39 Å². The summed E-state index contributed by atoms with van der Waals surface area (Å²) in [6.45, 7) is 2.72. The van der Waals surface area contributed by atoms with Crippen molar-refractivity contribution in [3.05, 3.63) is 44.3 Å². The van der Waals surface area contributed by atoms with Crippen molar-refractivity contribution in [3.63, 3.8) is 0 Å². The van der Waals surface area contributed by atoms with Crippen molar-refractivity contribution in [2.45, 2.75) is 13.5 Å². The van der Waals surface area contributed by atoms with Gasteiger partial charge in [0.05, 0.1) is 22.1 Å². The van der Waals surface area contributed by atoms with Crippen molar-refractivity contribution in [1.82, 2.24) is 9.55 Å². The van der Waals surface area contributed by atoms with Gasteiger partial charge in [-0.15, -0.1) is 11.3 Å². The number of nitrogens with two attached hydrogens (primary N) is 1. The molecule has 1 aromatic carbocycles. The van der Waals surface area contributed by atoms with Crippen molar-refractivity contribution in [3.8, 4) is 0 Å². The summed E-state index contributed by atoms with van der Waals surface area (Å²) >= 11 is 4.92. The number of thiophene rings is 1. The highest BCUT2D eigenvalue weighted by Gasteiger charge is 2.12. The van der Waals surface area contributed by atoms with E-state index in [1.54, 1.807) is 17.4 Å². The fraction of sp³-hybridized carbons (Fsp3) is 0.154. The first kappa shape index (κ1) is 12.6. The van der Waals surface area contributed by atoms with Crippen molar-refractivity contribution in [1.29, 1.82) is 0 Å². The molecule has 6 heteroatoms. The van der Waals surface area contributed by atoms with Crippen LogP contribution in [-0.4, -0.2) is 9.55 Å². The molecule has 0 aliphatic rings. The number of nitrogens with zero attached hydrogens (tertiary/aromatic N) is 2. The monoisotopic (exact) mass is 339 g/mol. The van der Waals surface area contributed by atoms with Gasteiger partial charge in [-0.1, -0.05) is 0 Å². The SMILES string of the molecule is Cc1ccc(Cn2c(N)nc3cc(F)c(Br)cc32)s1. The van der Waals surface area contributed by atoms with E-state index in [4.69, 9.17) is 5.73 Å². The highest BCUT2D eigenvalue weighted by molar-refractivity contribution is 9.10. The fourth-order valence-corrected chi connectivity index (χ4v) is 3.24. The summed E-state index contributed by atoms with van der Waals surface area (Å²) in [5.74, 6) is 0.0719. The van der Waals surface area contributed by atoms with E-state index in [1.165, 1.54) is 15.8 Å². The van der Waals surface area contributed by atoms with Crippen molar-refractivity contribution in [2.24, 2.45) is 0 Å². The van der Waals surface area contributed by atoms with Gasteiger partial charge in [0, 0.05) is 15.8 Å². The lowest BCUT2D eigenvalue weighted by Crippen LogP contribution is -2.03. The molecule has 0 spiro atoms. The van der Waals surface area contributed by atoms with Crippen LogP contribution in [0.3, 0.4) is 0 Å². The zero-order chi connectivity index (χ0) is 13.6. The number of fused-ring (bicyclic) bond motifs is 1. The second-order valence-corrected chi connectivity index (χ2v) is 6.55. The Morgan fingerprint density at radius 3 is 2.89 bits per heavy atom. The molecule has 0 fully saturated rings. The molecule has 0 atom stereocenters. The van der Waals surface area contributed by atoms with E-state index in [0.29, 0.717) is 22.5 Å². The van der Waals surface area contributed by atoms with Crippen molar-refractivity contribution in [2.75, 3.05) is 5.73 Å². The van der Waals surface area contributed by atoms with Crippen LogP contribution >= 0.6 is 27.3 Å². The summed E-state index contributed by atoms with van der Waals surface area (Å²) in [6, 6.07) is 7.26. The first-order chi connectivity index (χ1) is 9.04. The summed E-state index contributed by atoms with van der Waals surface area (Å²) in [5, 5.41) is 0. The highest BCUT2D eigenvalue weighted by Crippen LogP contribution is 2.27. The third-order valence-corrected chi connectivity index (χ3v) is 4.52. The third-order valence-electron chi connectivity index (χ3n) is 2.93. The van der Waals surface area contributed by atoms with Gasteiger partial charge in [-0.25, -0.2) is 9.37 Å². The molecular formula is C13H11BrFN3S. The number of imidazole rings is 1. The molecule has 19 heavy (non-hydrogen) atoms. The van der Waals surface area contributed by atoms with E-state index in [9.17, 15) is 4.39 Å². The van der Waals surface area contributed by atoms with E-state index >= 15 is 0 Å². The Hall–Kier alpha value is -1.40. The maximum absolute atomic E-state index is 13.5. The zero-order valence-corrected chi connectivity index (χ0v) is 12.6. The number of rotatable bonds is 2. The Bertz CT molecular complexity index is 763. The number of aromatic nitrogens is 2. The molecule has 0 saturated heterocycles. The first-order valence-electron chi connectivity index (χ1n) is 5.70. The summed E-state index contributed by atoms with van der Waals surface area (Å²) in [6.07, 6.45) is 0. The number of hydrogen-bond acceptors (Lipinski definition) is 3. The van der Waals surface area contributed by atoms with Crippen LogP contribution in [0.1, 0.15) is 9.75 Å². The lowest BCUT2D eigenvalue weighted by Gasteiger charge is -2.05. The van der Waals surface area contributed by atoms with Crippen LogP contribution in [-0.2, 0) is 6.54 Å². The maximum Gasteiger partial charge on any atom is 0.201 e. The number of halogens is 2. The molecule has 0 aliphatic heterocycles. The normalized spacial score (nSPS) is 11.3. The molecule has 0 radical (unpaired) electrons. The Kier molecular flexibility index (Phi) is 3.06. The summed E-state index contributed by atoms with van der Waals surface area (Å²) in [4.78, 5) is 6.66. The van der Waals surface area contributed by atoms with Crippen molar-refractivity contribution >= 4 is 44.2 Å². The van der Waals surface area contributed by atoms with Gasteiger partial charge < -0.3 is 10.3 Å². The molecule has 3 nitrogen and oxygen atoms in total. The predicted octanol–water partition coefficient (Wildman–Crippen LogP) is 3.94. The lowest BCUT2D eigenvalue weighted by atomic mass is 10.3. The van der Waals surface area contributed by atoms with E-state index in [2.05, 4.69) is 40.0 Å². The van der Waals surface area contributed by atoms with Gasteiger partial charge in [0.1, 0.15) is 5.82 Å². The van der Waals surface area contributed by atoms with Crippen LogP contribution in [0.2, 0.25) is 0 Å². The molecular weight excluding hydrogens is 329 g/mol. The van der Waals surface area contributed by atoms with Crippen LogP contribution in [0.5, 0.6) is 0 Å². The molecule has 0 bridgehead atoms. The molecule has 3 aromatic rings. The standard InChI is InChI=1S/C13H11BrFN3S/c1-7-2-3-8(19-7)6-18-12-4-9(14)10(15)5-11(12)17-13(18)16/h2-5H,6H2,1H3,(H2,16,17). The molecule has 3 rings (SSSR count). The Morgan fingerprint density at radius 1 is 1.42 bits per heavy atom. The average molecular weight is 340 g/mol. The smallest absolute Gasteiger partial charge is 0.201 e. The number of anilines is 1. The lowest BCUT2D eigenvalue weighted by molar-refractivity contribution is 0.622. The molecule has 0 saturated carbocycles. The number of benzene rings is 1. The van der Waals surface area contributed by atoms with Gasteiger partial charge in [-0.3, -0.25) is 0 Å². The second-order valence-electron chi connectivity index (χ2n) is 4.32. The highest BCUT2D eigenvalue weighted by atomic mass is 79.9. The summed E-state index contributed by atoms with van der Waals surface area (Å²) < 4.78 is 15.8. The molecule has 2 heterocycles. The van der Waals surface area contributed by atoms with Crippen LogP contribution in [0.4, 0.5) is 10.3 Å². The van der Waals surface area contributed by atoms with Gasteiger partial charge in [0.15, 0.2) is 0 Å².